The van der Waals surface area contributed by atoms with Crippen LogP contribution >= 0.6 is 0 Å². The SMILES string of the molecule is CCCNC(=O)C(C)N(Cc1ccccc1F)C(=O)COc1cc(OC)cc(OC)c1. The van der Waals surface area contributed by atoms with E-state index in [4.69, 9.17) is 14.2 Å². The zero-order valence-corrected chi connectivity index (χ0v) is 18.3. The van der Waals surface area contributed by atoms with Gasteiger partial charge in [-0.05, 0) is 19.4 Å². The zero-order valence-electron chi connectivity index (χ0n) is 18.3. The minimum atomic E-state index is -0.804. The zero-order chi connectivity index (χ0) is 22.8. The number of methoxy groups -OCH3 is 2. The van der Waals surface area contributed by atoms with Crippen LogP contribution in [0.4, 0.5) is 4.39 Å². The smallest absolute Gasteiger partial charge is 0.261 e. The van der Waals surface area contributed by atoms with Crippen LogP contribution in [0.15, 0.2) is 42.5 Å². The maximum Gasteiger partial charge on any atom is 0.261 e. The molecule has 0 aliphatic carbocycles. The molecule has 2 amide bonds. The summed E-state index contributed by atoms with van der Waals surface area (Å²) in [5.74, 6) is 0.187. The monoisotopic (exact) mass is 432 g/mol. The number of amides is 2. The van der Waals surface area contributed by atoms with Crippen molar-refractivity contribution in [2.75, 3.05) is 27.4 Å². The maximum atomic E-state index is 14.2. The molecule has 0 aliphatic rings. The minimum Gasteiger partial charge on any atom is -0.496 e. The number of hydrogen-bond donors (Lipinski definition) is 1. The summed E-state index contributed by atoms with van der Waals surface area (Å²) in [6.45, 7) is 3.64. The van der Waals surface area contributed by atoms with E-state index in [2.05, 4.69) is 5.32 Å². The number of carbonyl (C=O) groups excluding carboxylic acids is 2. The molecule has 0 radical (unpaired) electrons. The lowest BCUT2D eigenvalue weighted by molar-refractivity contribution is -0.142. The average molecular weight is 432 g/mol. The van der Waals surface area contributed by atoms with Crippen LogP contribution < -0.4 is 19.5 Å². The predicted molar refractivity (Wildman–Crippen MR) is 115 cm³/mol. The largest absolute Gasteiger partial charge is 0.496 e. The number of nitrogens with zero attached hydrogens (tertiary/aromatic N) is 1. The van der Waals surface area contributed by atoms with Gasteiger partial charge in [-0.1, -0.05) is 25.1 Å². The van der Waals surface area contributed by atoms with Gasteiger partial charge in [0.15, 0.2) is 6.61 Å². The van der Waals surface area contributed by atoms with Crippen molar-refractivity contribution in [3.05, 3.63) is 53.8 Å². The molecule has 0 heterocycles. The molecule has 7 nitrogen and oxygen atoms in total. The Bertz CT molecular complexity index is 868. The van der Waals surface area contributed by atoms with E-state index >= 15 is 0 Å². The third-order valence-corrected chi connectivity index (χ3v) is 4.70. The molecular weight excluding hydrogens is 403 g/mol. The highest BCUT2D eigenvalue weighted by atomic mass is 19.1. The van der Waals surface area contributed by atoms with Gasteiger partial charge in [-0.2, -0.15) is 0 Å². The molecule has 1 N–H and O–H groups in total. The standard InChI is InChI=1S/C23H29FN2O5/c1-5-10-25-23(28)16(2)26(14-17-8-6-7-9-21(17)24)22(27)15-31-20-12-18(29-3)11-19(13-20)30-4/h6-9,11-13,16H,5,10,14-15H2,1-4H3,(H,25,28). The summed E-state index contributed by atoms with van der Waals surface area (Å²) in [7, 11) is 3.02. The van der Waals surface area contributed by atoms with Gasteiger partial charge in [0, 0.05) is 36.9 Å². The van der Waals surface area contributed by atoms with Gasteiger partial charge in [-0.15, -0.1) is 0 Å². The normalized spacial score (nSPS) is 11.4. The highest BCUT2D eigenvalue weighted by molar-refractivity contribution is 5.87. The van der Waals surface area contributed by atoms with E-state index in [1.54, 1.807) is 43.3 Å². The molecule has 8 heteroatoms. The molecule has 0 saturated carbocycles. The summed E-state index contributed by atoms with van der Waals surface area (Å²) in [4.78, 5) is 26.8. The number of nitrogens with one attached hydrogen (secondary N) is 1. The molecule has 1 unspecified atom stereocenters. The van der Waals surface area contributed by atoms with Gasteiger partial charge in [0.25, 0.3) is 5.91 Å². The lowest BCUT2D eigenvalue weighted by Crippen LogP contribution is -2.49. The van der Waals surface area contributed by atoms with Crippen molar-refractivity contribution in [1.82, 2.24) is 10.2 Å². The Morgan fingerprint density at radius 1 is 1.06 bits per heavy atom. The molecule has 0 aliphatic heterocycles. The Morgan fingerprint density at radius 3 is 2.26 bits per heavy atom. The summed E-state index contributed by atoms with van der Waals surface area (Å²) >= 11 is 0. The van der Waals surface area contributed by atoms with Crippen LogP contribution in [0.1, 0.15) is 25.8 Å². The first-order valence-electron chi connectivity index (χ1n) is 10.1. The summed E-state index contributed by atoms with van der Waals surface area (Å²) in [5.41, 5.74) is 0.314. The third kappa shape index (κ3) is 6.87. The van der Waals surface area contributed by atoms with Crippen LogP contribution in [-0.4, -0.2) is 50.1 Å². The van der Waals surface area contributed by atoms with E-state index in [-0.39, 0.29) is 19.1 Å². The van der Waals surface area contributed by atoms with E-state index in [1.165, 1.54) is 25.2 Å². The van der Waals surface area contributed by atoms with Crippen LogP contribution in [0.2, 0.25) is 0 Å². The molecule has 31 heavy (non-hydrogen) atoms. The predicted octanol–water partition coefficient (Wildman–Crippen LogP) is 3.17. The number of hydrogen-bond acceptors (Lipinski definition) is 5. The number of halogens is 1. The van der Waals surface area contributed by atoms with Crippen LogP contribution in [0, 0.1) is 5.82 Å². The molecule has 0 fully saturated rings. The second-order valence-corrected chi connectivity index (χ2v) is 6.92. The van der Waals surface area contributed by atoms with E-state index in [0.29, 0.717) is 29.4 Å². The van der Waals surface area contributed by atoms with E-state index in [1.807, 2.05) is 6.92 Å². The fourth-order valence-electron chi connectivity index (χ4n) is 2.88. The molecule has 0 saturated heterocycles. The Labute approximate surface area is 182 Å². The molecule has 0 bridgehead atoms. The van der Waals surface area contributed by atoms with Crippen molar-refractivity contribution in [1.29, 1.82) is 0 Å². The van der Waals surface area contributed by atoms with E-state index < -0.39 is 17.8 Å². The maximum absolute atomic E-state index is 14.2. The Hall–Kier alpha value is -3.29. The second-order valence-electron chi connectivity index (χ2n) is 6.92. The summed E-state index contributed by atoms with van der Waals surface area (Å²) in [6.07, 6.45) is 0.764. The topological polar surface area (TPSA) is 77.1 Å². The van der Waals surface area contributed by atoms with Crippen molar-refractivity contribution in [3.8, 4) is 17.2 Å². The van der Waals surface area contributed by atoms with Gasteiger partial charge in [0.05, 0.1) is 14.2 Å². The Balaban J connectivity index is 2.19. The Morgan fingerprint density at radius 2 is 1.68 bits per heavy atom. The fourth-order valence-corrected chi connectivity index (χ4v) is 2.88. The van der Waals surface area contributed by atoms with Crippen LogP contribution in [0.5, 0.6) is 17.2 Å². The second kappa shape index (κ2) is 11.8. The lowest BCUT2D eigenvalue weighted by Gasteiger charge is -2.29. The highest BCUT2D eigenvalue weighted by Crippen LogP contribution is 2.27. The van der Waals surface area contributed by atoms with Gasteiger partial charge in [-0.3, -0.25) is 9.59 Å². The average Bonchev–Trinajstić information content (AvgIpc) is 2.79. The first-order chi connectivity index (χ1) is 14.9. The molecule has 0 aromatic heterocycles. The number of ether oxygens (including phenoxy) is 3. The molecule has 168 valence electrons. The van der Waals surface area contributed by atoms with Crippen LogP contribution in [-0.2, 0) is 16.1 Å². The molecule has 1 atom stereocenters. The van der Waals surface area contributed by atoms with E-state index in [9.17, 15) is 14.0 Å². The van der Waals surface area contributed by atoms with Crippen molar-refractivity contribution in [3.63, 3.8) is 0 Å². The van der Waals surface area contributed by atoms with Crippen LogP contribution in [0.25, 0.3) is 0 Å². The molecular formula is C23H29FN2O5. The van der Waals surface area contributed by atoms with Gasteiger partial charge in [0.1, 0.15) is 29.1 Å². The molecule has 2 aromatic carbocycles. The molecule has 0 spiro atoms. The van der Waals surface area contributed by atoms with E-state index in [0.717, 1.165) is 6.42 Å². The Kier molecular flexibility index (Phi) is 9.12. The lowest BCUT2D eigenvalue weighted by atomic mass is 10.1. The fraction of sp³-hybridized carbons (Fsp3) is 0.391. The van der Waals surface area contributed by atoms with Gasteiger partial charge in [-0.25, -0.2) is 4.39 Å². The van der Waals surface area contributed by atoms with Crippen molar-refractivity contribution in [2.24, 2.45) is 0 Å². The van der Waals surface area contributed by atoms with Crippen molar-refractivity contribution in [2.45, 2.75) is 32.9 Å². The van der Waals surface area contributed by atoms with Gasteiger partial charge in [0.2, 0.25) is 5.91 Å². The molecule has 2 rings (SSSR count). The minimum absolute atomic E-state index is 0.0585. The summed E-state index contributed by atoms with van der Waals surface area (Å²) in [5, 5.41) is 2.77. The molecule has 2 aromatic rings. The first kappa shape index (κ1) is 24.0. The van der Waals surface area contributed by atoms with Crippen molar-refractivity contribution >= 4 is 11.8 Å². The highest BCUT2D eigenvalue weighted by Gasteiger charge is 2.27. The quantitative estimate of drug-likeness (QED) is 0.590. The summed E-state index contributed by atoms with van der Waals surface area (Å²) in [6, 6.07) is 10.3. The van der Waals surface area contributed by atoms with Crippen molar-refractivity contribution < 1.29 is 28.2 Å². The number of carbonyl (C=O) groups is 2. The van der Waals surface area contributed by atoms with Crippen LogP contribution in [0.3, 0.4) is 0 Å². The van der Waals surface area contributed by atoms with Gasteiger partial charge < -0.3 is 24.4 Å². The number of benzene rings is 2. The number of rotatable bonds is 11. The third-order valence-electron chi connectivity index (χ3n) is 4.70. The first-order valence-corrected chi connectivity index (χ1v) is 10.1. The van der Waals surface area contributed by atoms with Gasteiger partial charge >= 0.3 is 0 Å². The summed E-state index contributed by atoms with van der Waals surface area (Å²) < 4.78 is 30.2.